The third-order valence-electron chi connectivity index (χ3n) is 5.94. The van der Waals surface area contributed by atoms with Crippen molar-refractivity contribution in [3.63, 3.8) is 0 Å². The van der Waals surface area contributed by atoms with E-state index in [2.05, 4.69) is 15.6 Å². The zero-order valence-corrected chi connectivity index (χ0v) is 13.8. The van der Waals surface area contributed by atoms with Crippen molar-refractivity contribution in [1.29, 1.82) is 0 Å². The summed E-state index contributed by atoms with van der Waals surface area (Å²) in [6, 6.07) is 8.18. The minimum Gasteiger partial charge on any atom is -0.424 e. The first-order valence-corrected chi connectivity index (χ1v) is 8.85. The van der Waals surface area contributed by atoms with Gasteiger partial charge in [0.15, 0.2) is 5.58 Å². The molecule has 3 unspecified atom stereocenters. The lowest BCUT2D eigenvalue weighted by Gasteiger charge is -2.43. The number of hydrogen-bond acceptors (Lipinski definition) is 5. The van der Waals surface area contributed by atoms with Crippen molar-refractivity contribution < 1.29 is 14.0 Å². The number of anilines is 1. The van der Waals surface area contributed by atoms with Gasteiger partial charge in [-0.15, -0.1) is 0 Å². The molecule has 2 aromatic rings. The summed E-state index contributed by atoms with van der Waals surface area (Å²) in [4.78, 5) is 30.9. The van der Waals surface area contributed by atoms with E-state index in [9.17, 15) is 9.59 Å². The van der Waals surface area contributed by atoms with Gasteiger partial charge in [0, 0.05) is 25.6 Å². The number of aromatic nitrogens is 1. The maximum atomic E-state index is 12.7. The summed E-state index contributed by atoms with van der Waals surface area (Å²) in [5.74, 6) is -0.303. The molecule has 3 heterocycles. The number of rotatable bonds is 3. The van der Waals surface area contributed by atoms with Crippen molar-refractivity contribution in [2.75, 3.05) is 25.0 Å². The highest BCUT2D eigenvalue weighted by molar-refractivity contribution is 6.01. The number of nitrogens with zero attached hydrogens (tertiary/aromatic N) is 2. The zero-order chi connectivity index (χ0) is 17.0. The van der Waals surface area contributed by atoms with E-state index in [0.29, 0.717) is 38.0 Å². The SMILES string of the molecule is O=C1NCCC1C(=O)N1CC2CCC2(Nc2nc3ccccc3o2)C1. The quantitative estimate of drug-likeness (QED) is 0.824. The molecule has 3 fully saturated rings. The lowest BCUT2D eigenvalue weighted by Crippen LogP contribution is -2.53. The standard InChI is InChI=1S/C18H20N4O3/c23-15-12(6-8-19-15)16(24)22-9-11-5-7-18(11,10-22)21-17-20-13-3-1-2-4-14(13)25-17/h1-4,11-12H,5-10H2,(H,19,23)(H,20,21). The Labute approximate surface area is 144 Å². The molecule has 7 heteroatoms. The Morgan fingerprint density at radius 1 is 1.36 bits per heavy atom. The van der Waals surface area contributed by atoms with Crippen LogP contribution in [0.5, 0.6) is 0 Å². The first kappa shape index (κ1) is 14.7. The van der Waals surface area contributed by atoms with Crippen LogP contribution in [0.4, 0.5) is 6.01 Å². The summed E-state index contributed by atoms with van der Waals surface area (Å²) in [6.45, 7) is 1.91. The van der Waals surface area contributed by atoms with Crippen LogP contribution in [0.1, 0.15) is 19.3 Å². The maximum absolute atomic E-state index is 12.7. The van der Waals surface area contributed by atoms with Gasteiger partial charge in [-0.2, -0.15) is 4.98 Å². The average Bonchev–Trinajstić information content (AvgIpc) is 3.26. The van der Waals surface area contributed by atoms with Crippen LogP contribution in [-0.4, -0.2) is 46.9 Å². The molecule has 0 spiro atoms. The molecule has 5 rings (SSSR count). The number of para-hydroxylation sites is 2. The molecule has 2 amide bonds. The van der Waals surface area contributed by atoms with Gasteiger partial charge in [0.05, 0.1) is 5.54 Å². The topological polar surface area (TPSA) is 87.5 Å². The van der Waals surface area contributed by atoms with Crippen molar-refractivity contribution in [1.82, 2.24) is 15.2 Å². The predicted octanol–water partition coefficient (Wildman–Crippen LogP) is 1.37. The van der Waals surface area contributed by atoms with Crippen LogP contribution in [0.3, 0.4) is 0 Å². The lowest BCUT2D eigenvalue weighted by atomic mass is 9.69. The van der Waals surface area contributed by atoms with Gasteiger partial charge in [-0.3, -0.25) is 9.59 Å². The minimum absolute atomic E-state index is 0.0388. The van der Waals surface area contributed by atoms with Gasteiger partial charge in [0.1, 0.15) is 11.4 Å². The number of likely N-dealkylation sites (tertiary alicyclic amines) is 1. The average molecular weight is 340 g/mol. The molecule has 1 saturated carbocycles. The van der Waals surface area contributed by atoms with Crippen LogP contribution >= 0.6 is 0 Å². The van der Waals surface area contributed by atoms with Gasteiger partial charge >= 0.3 is 0 Å². The Morgan fingerprint density at radius 3 is 2.96 bits per heavy atom. The fourth-order valence-electron chi connectivity index (χ4n) is 4.40. The van der Waals surface area contributed by atoms with Crippen molar-refractivity contribution in [2.45, 2.75) is 24.8 Å². The van der Waals surface area contributed by atoms with Crippen LogP contribution in [0, 0.1) is 11.8 Å². The molecule has 0 radical (unpaired) electrons. The molecule has 1 aromatic carbocycles. The van der Waals surface area contributed by atoms with Crippen LogP contribution in [-0.2, 0) is 9.59 Å². The monoisotopic (exact) mass is 340 g/mol. The highest BCUT2D eigenvalue weighted by Crippen LogP contribution is 2.47. The second-order valence-corrected chi connectivity index (χ2v) is 7.35. The van der Waals surface area contributed by atoms with Gasteiger partial charge in [0.2, 0.25) is 11.8 Å². The van der Waals surface area contributed by atoms with Crippen molar-refractivity contribution in [2.24, 2.45) is 11.8 Å². The smallest absolute Gasteiger partial charge is 0.296 e. The second kappa shape index (κ2) is 5.21. The van der Waals surface area contributed by atoms with Gasteiger partial charge in [0.25, 0.3) is 6.01 Å². The van der Waals surface area contributed by atoms with Crippen molar-refractivity contribution >= 4 is 28.9 Å². The molecule has 0 bridgehead atoms. The number of amides is 2. The van der Waals surface area contributed by atoms with Gasteiger partial charge < -0.3 is 20.0 Å². The molecule has 1 aliphatic carbocycles. The largest absolute Gasteiger partial charge is 0.424 e. The zero-order valence-electron chi connectivity index (χ0n) is 13.8. The fraction of sp³-hybridized carbons (Fsp3) is 0.500. The summed E-state index contributed by atoms with van der Waals surface area (Å²) in [6.07, 6.45) is 2.66. The molecular formula is C18H20N4O3. The number of carbonyl (C=O) groups is 2. The summed E-state index contributed by atoms with van der Waals surface area (Å²) in [7, 11) is 0. The number of benzene rings is 1. The van der Waals surface area contributed by atoms with E-state index in [1.807, 2.05) is 29.2 Å². The van der Waals surface area contributed by atoms with E-state index in [4.69, 9.17) is 4.42 Å². The van der Waals surface area contributed by atoms with Crippen LogP contribution in [0.2, 0.25) is 0 Å². The summed E-state index contributed by atoms with van der Waals surface area (Å²) >= 11 is 0. The van der Waals surface area contributed by atoms with Gasteiger partial charge in [-0.1, -0.05) is 12.1 Å². The highest BCUT2D eigenvalue weighted by atomic mass is 16.4. The van der Waals surface area contributed by atoms with E-state index < -0.39 is 5.92 Å². The number of nitrogens with one attached hydrogen (secondary N) is 2. The number of fused-ring (bicyclic) bond motifs is 2. The van der Waals surface area contributed by atoms with Crippen LogP contribution in [0.15, 0.2) is 28.7 Å². The van der Waals surface area contributed by atoms with Crippen molar-refractivity contribution in [3.8, 4) is 0 Å². The minimum atomic E-state index is -0.515. The van der Waals surface area contributed by atoms with Gasteiger partial charge in [-0.05, 0) is 31.4 Å². The normalized spacial score (nSPS) is 30.9. The molecule has 2 saturated heterocycles. The molecule has 3 aliphatic rings. The molecule has 3 atom stereocenters. The van der Waals surface area contributed by atoms with E-state index in [0.717, 1.165) is 23.9 Å². The van der Waals surface area contributed by atoms with E-state index in [1.165, 1.54) is 0 Å². The summed E-state index contributed by atoms with van der Waals surface area (Å²) in [5, 5.41) is 6.21. The van der Waals surface area contributed by atoms with Crippen LogP contribution < -0.4 is 10.6 Å². The Morgan fingerprint density at radius 2 is 2.24 bits per heavy atom. The summed E-state index contributed by atoms with van der Waals surface area (Å²) in [5.41, 5.74) is 1.41. The molecule has 2 N–H and O–H groups in total. The molecule has 2 aliphatic heterocycles. The Kier molecular flexibility index (Phi) is 3.07. The second-order valence-electron chi connectivity index (χ2n) is 7.35. The third-order valence-corrected chi connectivity index (χ3v) is 5.94. The molecule has 130 valence electrons. The molecule has 25 heavy (non-hydrogen) atoms. The van der Waals surface area contributed by atoms with E-state index in [-0.39, 0.29) is 17.4 Å². The fourth-order valence-corrected chi connectivity index (χ4v) is 4.40. The number of carbonyl (C=O) groups excluding carboxylic acids is 2. The third kappa shape index (κ3) is 2.22. The Hall–Kier alpha value is -2.57. The van der Waals surface area contributed by atoms with Crippen LogP contribution in [0.25, 0.3) is 11.1 Å². The highest BCUT2D eigenvalue weighted by Gasteiger charge is 2.55. The predicted molar refractivity (Wildman–Crippen MR) is 90.8 cm³/mol. The van der Waals surface area contributed by atoms with E-state index in [1.54, 1.807) is 0 Å². The maximum Gasteiger partial charge on any atom is 0.296 e. The summed E-state index contributed by atoms with van der Waals surface area (Å²) < 4.78 is 5.80. The van der Waals surface area contributed by atoms with Crippen molar-refractivity contribution in [3.05, 3.63) is 24.3 Å². The first-order chi connectivity index (χ1) is 12.1. The Bertz CT molecular complexity index is 830. The molecule has 7 nitrogen and oxygen atoms in total. The molecular weight excluding hydrogens is 320 g/mol. The van der Waals surface area contributed by atoms with E-state index >= 15 is 0 Å². The first-order valence-electron chi connectivity index (χ1n) is 8.85. The lowest BCUT2D eigenvalue weighted by molar-refractivity contribution is -0.139. The number of hydrogen-bond donors (Lipinski definition) is 2. The Balaban J connectivity index is 1.35. The van der Waals surface area contributed by atoms with Gasteiger partial charge in [-0.25, -0.2) is 0 Å². The molecule has 1 aromatic heterocycles. The number of oxazole rings is 1.